The van der Waals surface area contributed by atoms with Crippen LogP contribution in [0.4, 0.5) is 10.1 Å². The van der Waals surface area contributed by atoms with E-state index in [0.717, 1.165) is 18.2 Å². The van der Waals surface area contributed by atoms with Crippen LogP contribution in [0.25, 0.3) is 11.5 Å². The number of benzene rings is 1. The van der Waals surface area contributed by atoms with Crippen molar-refractivity contribution in [3.63, 3.8) is 0 Å². The van der Waals surface area contributed by atoms with Gasteiger partial charge in [0.2, 0.25) is 5.89 Å². The number of rotatable bonds is 4. The Hall–Kier alpha value is -2.35. The SMILES string of the molecule is CC(C)(C)NCc1nnc(-c2cc(F)ccc2[N+](=O)[O-])o1. The first-order chi connectivity index (χ1) is 9.76. The molecule has 0 saturated carbocycles. The largest absolute Gasteiger partial charge is 0.419 e. The summed E-state index contributed by atoms with van der Waals surface area (Å²) in [6, 6.07) is 3.09. The summed E-state index contributed by atoms with van der Waals surface area (Å²) in [6.07, 6.45) is 0. The van der Waals surface area contributed by atoms with Gasteiger partial charge in [0.05, 0.1) is 11.5 Å². The van der Waals surface area contributed by atoms with Crippen LogP contribution in [-0.2, 0) is 6.54 Å². The zero-order chi connectivity index (χ0) is 15.6. The van der Waals surface area contributed by atoms with E-state index >= 15 is 0 Å². The molecule has 2 rings (SSSR count). The fourth-order valence-corrected chi connectivity index (χ4v) is 1.61. The Kier molecular flexibility index (Phi) is 3.99. The normalized spacial score (nSPS) is 11.6. The van der Waals surface area contributed by atoms with E-state index < -0.39 is 10.7 Å². The molecule has 21 heavy (non-hydrogen) atoms. The van der Waals surface area contributed by atoms with Crippen molar-refractivity contribution in [2.24, 2.45) is 0 Å². The highest BCUT2D eigenvalue weighted by Crippen LogP contribution is 2.29. The minimum absolute atomic E-state index is 0.0329. The molecule has 1 aromatic heterocycles. The van der Waals surface area contributed by atoms with Gasteiger partial charge in [0.1, 0.15) is 11.4 Å². The van der Waals surface area contributed by atoms with Crippen molar-refractivity contribution < 1.29 is 13.7 Å². The Morgan fingerprint density at radius 3 is 2.71 bits per heavy atom. The lowest BCUT2D eigenvalue weighted by Crippen LogP contribution is -2.35. The van der Waals surface area contributed by atoms with Gasteiger partial charge in [-0.15, -0.1) is 10.2 Å². The molecule has 0 aliphatic carbocycles. The topological polar surface area (TPSA) is 94.1 Å². The minimum Gasteiger partial charge on any atom is -0.419 e. The number of nitro benzene ring substituents is 1. The summed E-state index contributed by atoms with van der Waals surface area (Å²) in [6.45, 7) is 6.24. The molecule has 8 heteroatoms. The van der Waals surface area contributed by atoms with E-state index in [-0.39, 0.29) is 28.6 Å². The van der Waals surface area contributed by atoms with Crippen LogP contribution in [0, 0.1) is 15.9 Å². The Labute approximate surface area is 120 Å². The second-order valence-electron chi connectivity index (χ2n) is 5.52. The Balaban J connectivity index is 2.29. The molecule has 1 aromatic carbocycles. The van der Waals surface area contributed by atoms with Crippen LogP contribution in [0.2, 0.25) is 0 Å². The van der Waals surface area contributed by atoms with Gasteiger partial charge in [0.15, 0.2) is 0 Å². The molecule has 0 aliphatic heterocycles. The van der Waals surface area contributed by atoms with Crippen molar-refractivity contribution in [1.82, 2.24) is 15.5 Å². The maximum Gasteiger partial charge on any atom is 0.282 e. The summed E-state index contributed by atoms with van der Waals surface area (Å²) in [4.78, 5) is 10.3. The third-order valence-electron chi connectivity index (χ3n) is 2.62. The molecule has 0 aliphatic rings. The average molecular weight is 294 g/mol. The molecule has 2 aromatic rings. The first-order valence-electron chi connectivity index (χ1n) is 6.28. The van der Waals surface area contributed by atoms with E-state index in [2.05, 4.69) is 15.5 Å². The van der Waals surface area contributed by atoms with E-state index in [4.69, 9.17) is 4.42 Å². The fraction of sp³-hybridized carbons (Fsp3) is 0.385. The van der Waals surface area contributed by atoms with Crippen LogP contribution >= 0.6 is 0 Å². The lowest BCUT2D eigenvalue weighted by atomic mass is 10.1. The molecule has 1 N–H and O–H groups in total. The second kappa shape index (κ2) is 5.57. The molecule has 0 bridgehead atoms. The third kappa shape index (κ3) is 3.82. The van der Waals surface area contributed by atoms with E-state index in [1.54, 1.807) is 0 Å². The van der Waals surface area contributed by atoms with E-state index in [0.29, 0.717) is 6.54 Å². The quantitative estimate of drug-likeness (QED) is 0.688. The van der Waals surface area contributed by atoms with Gasteiger partial charge in [-0.2, -0.15) is 0 Å². The molecule has 0 atom stereocenters. The van der Waals surface area contributed by atoms with Crippen molar-refractivity contribution in [3.8, 4) is 11.5 Å². The standard InChI is InChI=1S/C13H15FN4O3/c1-13(2,3)15-7-11-16-17-12(21-11)9-6-8(14)4-5-10(9)18(19)20/h4-6,15H,7H2,1-3H3. The summed E-state index contributed by atoms with van der Waals surface area (Å²) in [7, 11) is 0. The van der Waals surface area contributed by atoms with Gasteiger partial charge in [-0.3, -0.25) is 10.1 Å². The lowest BCUT2D eigenvalue weighted by molar-refractivity contribution is -0.384. The number of aromatic nitrogens is 2. The molecular weight excluding hydrogens is 279 g/mol. The lowest BCUT2D eigenvalue weighted by Gasteiger charge is -2.18. The molecule has 112 valence electrons. The average Bonchev–Trinajstić information content (AvgIpc) is 2.83. The maximum atomic E-state index is 13.3. The predicted octanol–water partition coefficient (Wildman–Crippen LogP) is 2.67. The summed E-state index contributed by atoms with van der Waals surface area (Å²) in [5, 5.41) is 21.6. The van der Waals surface area contributed by atoms with Crippen LogP contribution in [0.3, 0.4) is 0 Å². The highest BCUT2D eigenvalue weighted by Gasteiger charge is 2.21. The zero-order valence-corrected chi connectivity index (χ0v) is 11.9. The van der Waals surface area contributed by atoms with Gasteiger partial charge in [0, 0.05) is 11.6 Å². The maximum absolute atomic E-state index is 13.3. The monoisotopic (exact) mass is 294 g/mol. The highest BCUT2D eigenvalue weighted by atomic mass is 19.1. The summed E-state index contributed by atoms with van der Waals surface area (Å²) in [5.74, 6) is -0.409. The van der Waals surface area contributed by atoms with Gasteiger partial charge in [0.25, 0.3) is 11.6 Å². The van der Waals surface area contributed by atoms with Crippen molar-refractivity contribution in [3.05, 3.63) is 40.0 Å². The molecule has 0 saturated heterocycles. The van der Waals surface area contributed by atoms with Gasteiger partial charge < -0.3 is 9.73 Å². The van der Waals surface area contributed by atoms with Gasteiger partial charge in [-0.1, -0.05) is 0 Å². The van der Waals surface area contributed by atoms with E-state index in [9.17, 15) is 14.5 Å². The van der Waals surface area contributed by atoms with Crippen molar-refractivity contribution in [2.75, 3.05) is 0 Å². The van der Waals surface area contributed by atoms with Gasteiger partial charge >= 0.3 is 0 Å². The Bertz CT molecular complexity index is 664. The molecule has 0 unspecified atom stereocenters. The Morgan fingerprint density at radius 1 is 1.38 bits per heavy atom. The summed E-state index contributed by atoms with van der Waals surface area (Å²) in [5.41, 5.74) is -0.454. The molecular formula is C13H15FN4O3. The fourth-order valence-electron chi connectivity index (χ4n) is 1.61. The number of nitrogens with one attached hydrogen (secondary N) is 1. The van der Waals surface area contributed by atoms with Crippen LogP contribution in [0.15, 0.2) is 22.6 Å². The number of nitrogens with zero attached hydrogens (tertiary/aromatic N) is 3. The minimum atomic E-state index is -0.619. The number of nitro groups is 1. The first kappa shape index (κ1) is 15.0. The van der Waals surface area contributed by atoms with E-state index in [1.165, 1.54) is 0 Å². The van der Waals surface area contributed by atoms with Crippen LogP contribution in [0.1, 0.15) is 26.7 Å². The second-order valence-corrected chi connectivity index (χ2v) is 5.52. The first-order valence-corrected chi connectivity index (χ1v) is 6.28. The van der Waals surface area contributed by atoms with Gasteiger partial charge in [-0.05, 0) is 32.9 Å². The van der Waals surface area contributed by atoms with Crippen LogP contribution in [-0.4, -0.2) is 20.7 Å². The van der Waals surface area contributed by atoms with Crippen LogP contribution < -0.4 is 5.32 Å². The number of hydrogen-bond acceptors (Lipinski definition) is 6. The number of halogens is 1. The van der Waals surface area contributed by atoms with Crippen molar-refractivity contribution >= 4 is 5.69 Å². The van der Waals surface area contributed by atoms with Crippen molar-refractivity contribution in [2.45, 2.75) is 32.9 Å². The summed E-state index contributed by atoms with van der Waals surface area (Å²) >= 11 is 0. The van der Waals surface area contributed by atoms with E-state index in [1.807, 2.05) is 20.8 Å². The predicted molar refractivity (Wildman–Crippen MR) is 72.9 cm³/mol. The number of hydrogen-bond donors (Lipinski definition) is 1. The van der Waals surface area contributed by atoms with Crippen molar-refractivity contribution in [1.29, 1.82) is 0 Å². The molecule has 0 spiro atoms. The molecule has 0 amide bonds. The molecule has 0 fully saturated rings. The molecule has 1 heterocycles. The Morgan fingerprint density at radius 2 is 2.10 bits per heavy atom. The third-order valence-corrected chi connectivity index (χ3v) is 2.62. The molecule has 7 nitrogen and oxygen atoms in total. The van der Waals surface area contributed by atoms with Crippen LogP contribution in [0.5, 0.6) is 0 Å². The smallest absolute Gasteiger partial charge is 0.282 e. The summed E-state index contributed by atoms with van der Waals surface area (Å²) < 4.78 is 18.6. The van der Waals surface area contributed by atoms with Gasteiger partial charge in [-0.25, -0.2) is 4.39 Å². The highest BCUT2D eigenvalue weighted by molar-refractivity contribution is 5.66. The zero-order valence-electron chi connectivity index (χ0n) is 11.9. The molecule has 0 radical (unpaired) electrons.